The summed E-state index contributed by atoms with van der Waals surface area (Å²) < 4.78 is 104. The smallest absolute Gasteiger partial charge is 0.406 e. The van der Waals surface area contributed by atoms with Gasteiger partial charge in [-0.3, -0.25) is 4.72 Å². The maximum atomic E-state index is 12.9. The largest absolute Gasteiger partial charge is 0.573 e. The maximum absolute atomic E-state index is 12.9. The van der Waals surface area contributed by atoms with E-state index in [-0.39, 0.29) is 0 Å². The molecule has 25 heavy (non-hydrogen) atoms. The van der Waals surface area contributed by atoms with Crippen LogP contribution < -0.4 is 9.46 Å². The van der Waals surface area contributed by atoms with Crippen LogP contribution in [0.3, 0.4) is 0 Å². The van der Waals surface area contributed by atoms with Gasteiger partial charge in [0.25, 0.3) is 10.0 Å². The van der Waals surface area contributed by atoms with Gasteiger partial charge < -0.3 is 4.74 Å². The molecule has 0 aliphatic rings. The molecule has 4 nitrogen and oxygen atoms in total. The summed E-state index contributed by atoms with van der Waals surface area (Å²) in [6.07, 6.45) is -9.74. The van der Waals surface area contributed by atoms with E-state index in [1.807, 2.05) is 0 Å². The van der Waals surface area contributed by atoms with Crippen LogP contribution in [0.25, 0.3) is 0 Å². The molecule has 2 aromatic rings. The van der Waals surface area contributed by atoms with Crippen molar-refractivity contribution in [1.82, 2.24) is 0 Å². The molecule has 0 radical (unpaired) electrons. The molecule has 0 amide bonds. The Bertz CT molecular complexity index is 844. The number of rotatable bonds is 4. The Labute approximate surface area is 138 Å². The second-order valence-corrected chi connectivity index (χ2v) is 6.35. The van der Waals surface area contributed by atoms with Gasteiger partial charge in [0.2, 0.25) is 0 Å². The predicted molar refractivity (Wildman–Crippen MR) is 75.4 cm³/mol. The summed E-state index contributed by atoms with van der Waals surface area (Å²) in [6.45, 7) is 0. The molecule has 0 atom stereocenters. The molecule has 2 aromatic carbocycles. The summed E-state index contributed by atoms with van der Waals surface area (Å²) >= 11 is 0. The highest BCUT2D eigenvalue weighted by Gasteiger charge is 2.34. The van der Waals surface area contributed by atoms with Gasteiger partial charge in [-0.2, -0.15) is 13.2 Å². The van der Waals surface area contributed by atoms with E-state index < -0.39 is 44.5 Å². The average molecular weight is 385 g/mol. The summed E-state index contributed by atoms with van der Waals surface area (Å²) in [4.78, 5) is -0.529. The molecule has 0 bridgehead atoms. The summed E-state index contributed by atoms with van der Waals surface area (Å²) in [5.74, 6) is -0.665. The molecule has 0 saturated carbocycles. The molecular weight excluding hydrogens is 376 g/mol. The molecule has 1 N–H and O–H groups in total. The first kappa shape index (κ1) is 18.9. The van der Waals surface area contributed by atoms with Gasteiger partial charge in [0.05, 0.1) is 16.1 Å². The summed E-state index contributed by atoms with van der Waals surface area (Å²) in [5.41, 5.74) is -1.90. The number of benzene rings is 2. The lowest BCUT2D eigenvalue weighted by Gasteiger charge is -2.15. The molecule has 0 aliphatic heterocycles. The first-order valence-electron chi connectivity index (χ1n) is 6.43. The minimum atomic E-state index is -4.95. The molecule has 0 aromatic heterocycles. The highest BCUT2D eigenvalue weighted by Crippen LogP contribution is 2.35. The fraction of sp³-hybridized carbons (Fsp3) is 0.143. The summed E-state index contributed by atoms with van der Waals surface area (Å²) in [5, 5.41) is 0. The van der Waals surface area contributed by atoms with Crippen LogP contribution in [0.15, 0.2) is 53.4 Å². The number of sulfonamides is 1. The number of ether oxygens (including phenoxy) is 1. The van der Waals surface area contributed by atoms with Crippen LogP contribution >= 0.6 is 0 Å². The number of anilines is 1. The molecule has 0 aliphatic carbocycles. The number of hydrogen-bond acceptors (Lipinski definition) is 3. The Morgan fingerprint density at radius 3 is 1.92 bits per heavy atom. The monoisotopic (exact) mass is 385 g/mol. The Balaban J connectivity index is 2.29. The van der Waals surface area contributed by atoms with E-state index in [0.717, 1.165) is 36.4 Å². The van der Waals surface area contributed by atoms with E-state index >= 15 is 0 Å². The van der Waals surface area contributed by atoms with Crippen molar-refractivity contribution < 1.29 is 39.5 Å². The third-order valence-electron chi connectivity index (χ3n) is 2.84. The van der Waals surface area contributed by atoms with Gasteiger partial charge in [-0.1, -0.05) is 12.1 Å². The SMILES string of the molecule is O=S(=O)(Nc1ccccc1C(F)(F)F)c1ccc(OC(F)(F)F)cc1. The molecule has 0 unspecified atom stereocenters. The topological polar surface area (TPSA) is 55.4 Å². The molecule has 0 fully saturated rings. The third kappa shape index (κ3) is 5.02. The predicted octanol–water partition coefficient (Wildman–Crippen LogP) is 4.40. The van der Waals surface area contributed by atoms with E-state index in [2.05, 4.69) is 4.74 Å². The number of nitrogens with one attached hydrogen (secondary N) is 1. The standard InChI is InChI=1S/C14H9F6NO3S/c15-13(16,17)11-3-1-2-4-12(11)21-25(22,23)10-7-5-9(6-8-10)24-14(18,19)20/h1-8,21H. The van der Waals surface area contributed by atoms with Gasteiger partial charge in [0, 0.05) is 0 Å². The minimum absolute atomic E-state index is 0.529. The van der Waals surface area contributed by atoms with Gasteiger partial charge in [-0.05, 0) is 36.4 Å². The Hall–Kier alpha value is -2.43. The number of halogens is 6. The van der Waals surface area contributed by atoms with Crippen molar-refractivity contribution in [2.45, 2.75) is 17.4 Å². The fourth-order valence-corrected chi connectivity index (χ4v) is 2.92. The van der Waals surface area contributed by atoms with Crippen molar-refractivity contribution in [2.24, 2.45) is 0 Å². The summed E-state index contributed by atoms with van der Waals surface area (Å²) in [7, 11) is -4.44. The normalized spacial score (nSPS) is 12.7. The average Bonchev–Trinajstić information content (AvgIpc) is 2.45. The molecule has 11 heteroatoms. The zero-order valence-electron chi connectivity index (χ0n) is 12.0. The van der Waals surface area contributed by atoms with Gasteiger partial charge in [0.1, 0.15) is 5.75 Å². The molecule has 136 valence electrons. The van der Waals surface area contributed by atoms with Crippen LogP contribution in [0, 0.1) is 0 Å². The second-order valence-electron chi connectivity index (χ2n) is 4.67. The lowest BCUT2D eigenvalue weighted by Crippen LogP contribution is -2.18. The van der Waals surface area contributed by atoms with Crippen molar-refractivity contribution in [1.29, 1.82) is 0 Å². The van der Waals surface area contributed by atoms with Crippen LogP contribution in [0.4, 0.5) is 32.0 Å². The van der Waals surface area contributed by atoms with Gasteiger partial charge in [-0.25, -0.2) is 8.42 Å². The first-order chi connectivity index (χ1) is 11.4. The maximum Gasteiger partial charge on any atom is 0.573 e. The highest BCUT2D eigenvalue weighted by atomic mass is 32.2. The molecule has 0 saturated heterocycles. The zero-order chi connectivity index (χ0) is 18.9. The van der Waals surface area contributed by atoms with Crippen molar-refractivity contribution in [3.63, 3.8) is 0 Å². The van der Waals surface area contributed by atoms with Crippen molar-refractivity contribution >= 4 is 15.7 Å². The Morgan fingerprint density at radius 1 is 0.840 bits per heavy atom. The van der Waals surface area contributed by atoms with Crippen LogP contribution in [0.1, 0.15) is 5.56 Å². The van der Waals surface area contributed by atoms with E-state index in [1.165, 1.54) is 6.07 Å². The molecular formula is C14H9F6NO3S. The van der Waals surface area contributed by atoms with Crippen LogP contribution in [0.2, 0.25) is 0 Å². The summed E-state index contributed by atoms with van der Waals surface area (Å²) in [6, 6.07) is 6.92. The second kappa shape index (κ2) is 6.47. The van der Waals surface area contributed by atoms with Crippen LogP contribution in [0.5, 0.6) is 5.75 Å². The first-order valence-corrected chi connectivity index (χ1v) is 7.92. The van der Waals surface area contributed by atoms with Crippen molar-refractivity contribution in [2.75, 3.05) is 4.72 Å². The molecule has 0 spiro atoms. The number of hydrogen-bond donors (Lipinski definition) is 1. The lowest BCUT2D eigenvalue weighted by molar-refractivity contribution is -0.274. The lowest BCUT2D eigenvalue weighted by atomic mass is 10.2. The number of alkyl halides is 6. The van der Waals surface area contributed by atoms with Gasteiger partial charge in [-0.15, -0.1) is 13.2 Å². The highest BCUT2D eigenvalue weighted by molar-refractivity contribution is 7.92. The zero-order valence-corrected chi connectivity index (χ0v) is 12.8. The quantitative estimate of drug-likeness (QED) is 0.794. The van der Waals surface area contributed by atoms with Crippen molar-refractivity contribution in [3.05, 3.63) is 54.1 Å². The number of para-hydroxylation sites is 1. The van der Waals surface area contributed by atoms with Gasteiger partial charge in [0.15, 0.2) is 0 Å². The van der Waals surface area contributed by atoms with E-state index in [9.17, 15) is 34.8 Å². The minimum Gasteiger partial charge on any atom is -0.406 e. The van der Waals surface area contributed by atoms with E-state index in [4.69, 9.17) is 0 Å². The van der Waals surface area contributed by atoms with Crippen LogP contribution in [-0.2, 0) is 16.2 Å². The van der Waals surface area contributed by atoms with E-state index in [1.54, 1.807) is 4.72 Å². The third-order valence-corrected chi connectivity index (χ3v) is 4.23. The van der Waals surface area contributed by atoms with E-state index in [0.29, 0.717) is 6.07 Å². The fourth-order valence-electron chi connectivity index (χ4n) is 1.84. The molecule has 0 heterocycles. The van der Waals surface area contributed by atoms with Crippen LogP contribution in [-0.4, -0.2) is 14.8 Å². The Morgan fingerprint density at radius 2 is 1.40 bits per heavy atom. The molecule has 2 rings (SSSR count). The van der Waals surface area contributed by atoms with Crippen molar-refractivity contribution in [3.8, 4) is 5.75 Å². The van der Waals surface area contributed by atoms with Gasteiger partial charge >= 0.3 is 12.5 Å². The Kier molecular flexibility index (Phi) is 4.89.